The lowest BCUT2D eigenvalue weighted by Gasteiger charge is -2.32. The fraction of sp³-hybridized carbons (Fsp3) is 0.429. The SMILES string of the molecule is O=C(O)c1cccc(C(=O)N2CCCC(CO)C2)c1. The zero-order valence-electron chi connectivity index (χ0n) is 10.6. The lowest BCUT2D eigenvalue weighted by molar-refractivity contribution is 0.0620. The largest absolute Gasteiger partial charge is 0.478 e. The number of nitrogens with zero attached hydrogens (tertiary/aromatic N) is 1. The second-order valence-electron chi connectivity index (χ2n) is 4.83. The fourth-order valence-corrected chi connectivity index (χ4v) is 2.37. The second kappa shape index (κ2) is 5.84. The summed E-state index contributed by atoms with van der Waals surface area (Å²) in [6.07, 6.45) is 1.80. The number of carbonyl (C=O) groups excluding carboxylic acids is 1. The minimum atomic E-state index is -1.04. The van der Waals surface area contributed by atoms with Gasteiger partial charge in [-0.15, -0.1) is 0 Å². The predicted octanol–water partition coefficient (Wildman–Crippen LogP) is 1.23. The van der Waals surface area contributed by atoms with Crippen molar-refractivity contribution >= 4 is 11.9 Å². The molecule has 0 aromatic heterocycles. The van der Waals surface area contributed by atoms with Crippen LogP contribution in [0.15, 0.2) is 24.3 Å². The molecule has 1 aliphatic heterocycles. The molecule has 0 aliphatic carbocycles. The van der Waals surface area contributed by atoms with Crippen molar-refractivity contribution in [3.05, 3.63) is 35.4 Å². The lowest BCUT2D eigenvalue weighted by atomic mass is 9.98. The van der Waals surface area contributed by atoms with Gasteiger partial charge < -0.3 is 15.1 Å². The van der Waals surface area contributed by atoms with Crippen LogP contribution in [0.25, 0.3) is 0 Å². The summed E-state index contributed by atoms with van der Waals surface area (Å²) >= 11 is 0. The summed E-state index contributed by atoms with van der Waals surface area (Å²) < 4.78 is 0. The Labute approximate surface area is 111 Å². The molecule has 1 heterocycles. The van der Waals surface area contributed by atoms with E-state index in [1.165, 1.54) is 12.1 Å². The van der Waals surface area contributed by atoms with Gasteiger partial charge in [-0.05, 0) is 37.0 Å². The summed E-state index contributed by atoms with van der Waals surface area (Å²) in [5.74, 6) is -1.08. The molecule has 1 amide bonds. The molecule has 102 valence electrons. The summed E-state index contributed by atoms with van der Waals surface area (Å²) in [4.78, 5) is 24.9. The first-order valence-electron chi connectivity index (χ1n) is 6.35. The van der Waals surface area contributed by atoms with Crippen LogP contribution >= 0.6 is 0 Å². The van der Waals surface area contributed by atoms with Gasteiger partial charge in [0.25, 0.3) is 5.91 Å². The molecule has 2 rings (SSSR count). The Bertz CT molecular complexity index is 486. The molecule has 5 nitrogen and oxygen atoms in total. The van der Waals surface area contributed by atoms with E-state index in [0.717, 1.165) is 12.8 Å². The van der Waals surface area contributed by atoms with E-state index in [2.05, 4.69) is 0 Å². The average Bonchev–Trinajstić information content (AvgIpc) is 2.46. The van der Waals surface area contributed by atoms with Crippen LogP contribution < -0.4 is 0 Å². The number of piperidine rings is 1. The molecule has 1 saturated heterocycles. The maximum atomic E-state index is 12.3. The first-order chi connectivity index (χ1) is 9.11. The maximum Gasteiger partial charge on any atom is 0.335 e. The quantitative estimate of drug-likeness (QED) is 0.859. The highest BCUT2D eigenvalue weighted by atomic mass is 16.4. The Balaban J connectivity index is 2.14. The summed E-state index contributed by atoms with van der Waals surface area (Å²) in [7, 11) is 0. The Hall–Kier alpha value is -1.88. The van der Waals surface area contributed by atoms with Gasteiger partial charge in [0.1, 0.15) is 0 Å². The number of carboxylic acids is 1. The molecule has 0 saturated carbocycles. The molecule has 1 aliphatic rings. The van der Waals surface area contributed by atoms with Crippen LogP contribution in [0.3, 0.4) is 0 Å². The number of aliphatic hydroxyl groups excluding tert-OH is 1. The average molecular weight is 263 g/mol. The van der Waals surface area contributed by atoms with Crippen LogP contribution in [-0.4, -0.2) is 46.7 Å². The normalized spacial score (nSPS) is 19.2. The summed E-state index contributed by atoms with van der Waals surface area (Å²) in [5, 5.41) is 18.1. The van der Waals surface area contributed by atoms with Crippen molar-refractivity contribution in [2.24, 2.45) is 5.92 Å². The first-order valence-corrected chi connectivity index (χ1v) is 6.35. The number of carbonyl (C=O) groups is 2. The highest BCUT2D eigenvalue weighted by Crippen LogP contribution is 2.18. The zero-order valence-corrected chi connectivity index (χ0v) is 10.6. The topological polar surface area (TPSA) is 77.8 Å². The highest BCUT2D eigenvalue weighted by molar-refractivity contribution is 5.97. The van der Waals surface area contributed by atoms with E-state index < -0.39 is 5.97 Å². The number of hydrogen-bond acceptors (Lipinski definition) is 3. The third kappa shape index (κ3) is 3.12. The molecule has 5 heteroatoms. The summed E-state index contributed by atoms with van der Waals surface area (Å²) in [6.45, 7) is 1.28. The van der Waals surface area contributed by atoms with Crippen molar-refractivity contribution in [3.8, 4) is 0 Å². The standard InChI is InChI=1S/C14H17NO4/c16-9-10-3-2-6-15(8-10)13(17)11-4-1-5-12(7-11)14(18)19/h1,4-5,7,10,16H,2-3,6,8-9H2,(H,18,19). The number of likely N-dealkylation sites (tertiary alicyclic amines) is 1. The van der Waals surface area contributed by atoms with Gasteiger partial charge >= 0.3 is 5.97 Å². The molecule has 0 spiro atoms. The molecule has 1 fully saturated rings. The van der Waals surface area contributed by atoms with Gasteiger partial charge in [0, 0.05) is 25.3 Å². The zero-order chi connectivity index (χ0) is 13.8. The Morgan fingerprint density at radius 3 is 2.74 bits per heavy atom. The highest BCUT2D eigenvalue weighted by Gasteiger charge is 2.24. The van der Waals surface area contributed by atoms with Crippen molar-refractivity contribution in [2.75, 3.05) is 19.7 Å². The minimum absolute atomic E-state index is 0.0823. The molecule has 0 bridgehead atoms. The van der Waals surface area contributed by atoms with Crippen LogP contribution in [-0.2, 0) is 0 Å². The summed E-state index contributed by atoms with van der Waals surface area (Å²) in [6, 6.07) is 6.06. The van der Waals surface area contributed by atoms with Gasteiger partial charge in [-0.2, -0.15) is 0 Å². The van der Waals surface area contributed by atoms with Crippen molar-refractivity contribution in [3.63, 3.8) is 0 Å². The van der Waals surface area contributed by atoms with Crippen molar-refractivity contribution in [1.82, 2.24) is 4.90 Å². The monoisotopic (exact) mass is 263 g/mol. The van der Waals surface area contributed by atoms with E-state index >= 15 is 0 Å². The Morgan fingerprint density at radius 2 is 2.05 bits per heavy atom. The first kappa shape index (κ1) is 13.5. The van der Waals surface area contributed by atoms with E-state index in [1.54, 1.807) is 17.0 Å². The van der Waals surface area contributed by atoms with Gasteiger partial charge in [0.2, 0.25) is 0 Å². The number of carboxylic acid groups (broad SMARTS) is 1. The third-order valence-corrected chi connectivity index (χ3v) is 3.42. The van der Waals surface area contributed by atoms with Gasteiger partial charge in [0.05, 0.1) is 5.56 Å². The molecule has 1 unspecified atom stereocenters. The number of rotatable bonds is 3. The van der Waals surface area contributed by atoms with E-state index in [9.17, 15) is 9.59 Å². The molecular formula is C14H17NO4. The van der Waals surface area contributed by atoms with Crippen LogP contribution in [0.2, 0.25) is 0 Å². The molecule has 1 aromatic rings. The maximum absolute atomic E-state index is 12.3. The van der Waals surface area contributed by atoms with E-state index in [-0.39, 0.29) is 24.0 Å². The van der Waals surface area contributed by atoms with Gasteiger partial charge in [-0.25, -0.2) is 4.79 Å². The van der Waals surface area contributed by atoms with Crippen molar-refractivity contribution < 1.29 is 19.8 Å². The van der Waals surface area contributed by atoms with E-state index in [1.807, 2.05) is 0 Å². The van der Waals surface area contributed by atoms with Crippen LogP contribution in [0.5, 0.6) is 0 Å². The molecular weight excluding hydrogens is 246 g/mol. The van der Waals surface area contributed by atoms with E-state index in [4.69, 9.17) is 10.2 Å². The number of hydrogen-bond donors (Lipinski definition) is 2. The molecule has 2 N–H and O–H groups in total. The number of benzene rings is 1. The predicted molar refractivity (Wildman–Crippen MR) is 69.1 cm³/mol. The molecule has 1 aromatic carbocycles. The van der Waals surface area contributed by atoms with Gasteiger partial charge in [0.15, 0.2) is 0 Å². The minimum Gasteiger partial charge on any atom is -0.478 e. The lowest BCUT2D eigenvalue weighted by Crippen LogP contribution is -2.41. The van der Waals surface area contributed by atoms with Crippen LogP contribution in [0.1, 0.15) is 33.6 Å². The molecule has 19 heavy (non-hydrogen) atoms. The van der Waals surface area contributed by atoms with E-state index in [0.29, 0.717) is 18.7 Å². The number of aromatic carboxylic acids is 1. The fourth-order valence-electron chi connectivity index (χ4n) is 2.37. The Kier molecular flexibility index (Phi) is 4.16. The summed E-state index contributed by atoms with van der Waals surface area (Å²) in [5.41, 5.74) is 0.500. The second-order valence-corrected chi connectivity index (χ2v) is 4.83. The van der Waals surface area contributed by atoms with Crippen LogP contribution in [0.4, 0.5) is 0 Å². The molecule has 0 radical (unpaired) electrons. The number of amides is 1. The Morgan fingerprint density at radius 1 is 1.32 bits per heavy atom. The van der Waals surface area contributed by atoms with Gasteiger partial charge in [-0.1, -0.05) is 6.07 Å². The van der Waals surface area contributed by atoms with Crippen molar-refractivity contribution in [1.29, 1.82) is 0 Å². The van der Waals surface area contributed by atoms with Gasteiger partial charge in [-0.3, -0.25) is 4.79 Å². The smallest absolute Gasteiger partial charge is 0.335 e. The molecule has 1 atom stereocenters. The third-order valence-electron chi connectivity index (χ3n) is 3.42. The van der Waals surface area contributed by atoms with Crippen LogP contribution in [0, 0.1) is 5.92 Å². The van der Waals surface area contributed by atoms with Crippen molar-refractivity contribution in [2.45, 2.75) is 12.8 Å². The number of aliphatic hydroxyl groups is 1.